The molecule has 0 unspecified atom stereocenters. The molecule has 0 saturated heterocycles. The molecule has 1 N–H and O–H groups in total. The van der Waals surface area contributed by atoms with E-state index in [4.69, 9.17) is 4.74 Å². The van der Waals surface area contributed by atoms with Crippen molar-refractivity contribution in [1.82, 2.24) is 4.98 Å². The molecule has 1 heterocycles. The van der Waals surface area contributed by atoms with Crippen molar-refractivity contribution >= 4 is 10.9 Å². The molecule has 0 atom stereocenters. The third-order valence-electron chi connectivity index (χ3n) is 4.51. The van der Waals surface area contributed by atoms with Gasteiger partial charge in [0.1, 0.15) is 5.75 Å². The number of hydrogen-bond acceptors (Lipinski definition) is 1. The molecule has 0 amide bonds. The molecule has 0 bridgehead atoms. The summed E-state index contributed by atoms with van der Waals surface area (Å²) in [6.07, 6.45) is 0.992. The maximum absolute atomic E-state index is 5.48. The number of ether oxygens (including phenoxy) is 1. The van der Waals surface area contributed by atoms with Gasteiger partial charge >= 0.3 is 0 Å². The molecular formula is C19H19NO. The Morgan fingerprint density at radius 3 is 2.71 bits per heavy atom. The largest absolute Gasteiger partial charge is 0.497 e. The minimum absolute atomic E-state index is 0.478. The van der Waals surface area contributed by atoms with Crippen LogP contribution in [0.3, 0.4) is 0 Å². The monoisotopic (exact) mass is 277 g/mol. The highest BCUT2D eigenvalue weighted by atomic mass is 16.5. The van der Waals surface area contributed by atoms with Gasteiger partial charge in [-0.2, -0.15) is 0 Å². The Hall–Kier alpha value is -2.22. The molecule has 2 nitrogen and oxygen atoms in total. The van der Waals surface area contributed by atoms with Crippen LogP contribution in [0.4, 0.5) is 0 Å². The number of para-hydroxylation sites is 1. The Bertz CT molecular complexity index is 842. The van der Waals surface area contributed by atoms with Crippen molar-refractivity contribution in [3.05, 3.63) is 53.1 Å². The minimum Gasteiger partial charge on any atom is -0.497 e. The highest BCUT2D eigenvalue weighted by molar-refractivity contribution is 5.95. The molecule has 1 aliphatic carbocycles. The maximum atomic E-state index is 5.48. The van der Waals surface area contributed by atoms with Gasteiger partial charge < -0.3 is 9.72 Å². The molecule has 106 valence electrons. The third-order valence-corrected chi connectivity index (χ3v) is 4.51. The summed E-state index contributed by atoms with van der Waals surface area (Å²) in [5.74, 6) is 1.44. The Morgan fingerprint density at radius 1 is 1.14 bits per heavy atom. The summed E-state index contributed by atoms with van der Waals surface area (Å²) in [5.41, 5.74) is 8.10. The van der Waals surface area contributed by atoms with Crippen LogP contribution in [0, 0.1) is 0 Å². The summed E-state index contributed by atoms with van der Waals surface area (Å²) in [5, 5.41) is 1.34. The lowest BCUT2D eigenvalue weighted by atomic mass is 9.94. The van der Waals surface area contributed by atoms with Gasteiger partial charge in [-0.15, -0.1) is 0 Å². The normalized spacial score (nSPS) is 12.8. The van der Waals surface area contributed by atoms with Gasteiger partial charge in [0, 0.05) is 22.9 Å². The Balaban J connectivity index is 2.03. The first-order valence-electron chi connectivity index (χ1n) is 7.49. The number of aromatic amines is 1. The van der Waals surface area contributed by atoms with Crippen LogP contribution >= 0.6 is 0 Å². The van der Waals surface area contributed by atoms with Crippen LogP contribution in [-0.2, 0) is 6.42 Å². The van der Waals surface area contributed by atoms with E-state index < -0.39 is 0 Å². The van der Waals surface area contributed by atoms with E-state index in [-0.39, 0.29) is 0 Å². The lowest BCUT2D eigenvalue weighted by Gasteiger charge is -2.14. The summed E-state index contributed by atoms with van der Waals surface area (Å²) in [4.78, 5) is 3.62. The molecule has 0 radical (unpaired) electrons. The van der Waals surface area contributed by atoms with Crippen molar-refractivity contribution in [3.63, 3.8) is 0 Å². The average Bonchev–Trinajstić information content (AvgIpc) is 3.01. The zero-order chi connectivity index (χ0) is 14.6. The fraction of sp³-hybridized carbons (Fsp3) is 0.263. The van der Waals surface area contributed by atoms with E-state index >= 15 is 0 Å². The van der Waals surface area contributed by atoms with Crippen molar-refractivity contribution in [3.8, 4) is 17.0 Å². The summed E-state index contributed by atoms with van der Waals surface area (Å²) >= 11 is 0. The molecule has 1 aromatic heterocycles. The number of hydrogen-bond donors (Lipinski definition) is 1. The predicted octanol–water partition coefficient (Wildman–Crippen LogP) is 4.87. The molecule has 0 saturated carbocycles. The molecule has 1 aliphatic rings. The lowest BCUT2D eigenvalue weighted by Crippen LogP contribution is -1.96. The summed E-state index contributed by atoms with van der Waals surface area (Å²) < 4.78 is 5.48. The second-order valence-corrected chi connectivity index (χ2v) is 6.11. The van der Waals surface area contributed by atoms with Gasteiger partial charge in [-0.05, 0) is 40.8 Å². The van der Waals surface area contributed by atoms with Crippen LogP contribution in [0.25, 0.3) is 22.2 Å². The average molecular weight is 277 g/mol. The molecule has 0 aliphatic heterocycles. The van der Waals surface area contributed by atoms with Crippen LogP contribution in [0.5, 0.6) is 5.75 Å². The van der Waals surface area contributed by atoms with E-state index in [9.17, 15) is 0 Å². The van der Waals surface area contributed by atoms with E-state index in [0.717, 1.165) is 12.2 Å². The van der Waals surface area contributed by atoms with E-state index in [1.165, 1.54) is 38.9 Å². The molecule has 2 heteroatoms. The number of methoxy groups -OCH3 is 1. The Kier molecular flexibility index (Phi) is 2.61. The lowest BCUT2D eigenvalue weighted by molar-refractivity contribution is 0.413. The number of rotatable bonds is 2. The van der Waals surface area contributed by atoms with E-state index in [0.29, 0.717) is 5.92 Å². The molecule has 2 aromatic carbocycles. The van der Waals surface area contributed by atoms with Gasteiger partial charge in [0.15, 0.2) is 0 Å². The van der Waals surface area contributed by atoms with Gasteiger partial charge in [-0.25, -0.2) is 0 Å². The smallest absolute Gasteiger partial charge is 0.119 e. The Morgan fingerprint density at radius 2 is 1.95 bits per heavy atom. The van der Waals surface area contributed by atoms with Crippen LogP contribution in [0.2, 0.25) is 0 Å². The number of benzene rings is 2. The first-order valence-corrected chi connectivity index (χ1v) is 7.49. The van der Waals surface area contributed by atoms with Crippen molar-refractivity contribution in [2.45, 2.75) is 26.2 Å². The quantitative estimate of drug-likeness (QED) is 0.555. The summed E-state index contributed by atoms with van der Waals surface area (Å²) in [7, 11) is 1.75. The highest BCUT2D eigenvalue weighted by Gasteiger charge is 2.27. The zero-order valence-electron chi connectivity index (χ0n) is 12.7. The van der Waals surface area contributed by atoms with Crippen LogP contribution in [0.15, 0.2) is 36.4 Å². The van der Waals surface area contributed by atoms with Gasteiger partial charge in [0.2, 0.25) is 0 Å². The summed E-state index contributed by atoms with van der Waals surface area (Å²) in [6.45, 7) is 4.49. The van der Waals surface area contributed by atoms with Gasteiger partial charge in [0.05, 0.1) is 12.8 Å². The van der Waals surface area contributed by atoms with E-state index in [1.807, 2.05) is 0 Å². The first kappa shape index (κ1) is 12.5. The molecule has 0 spiro atoms. The molecule has 4 rings (SSSR count). The summed E-state index contributed by atoms with van der Waals surface area (Å²) in [6, 6.07) is 12.9. The number of fused-ring (bicyclic) bond motifs is 5. The molecular weight excluding hydrogens is 258 g/mol. The van der Waals surface area contributed by atoms with Crippen molar-refractivity contribution < 1.29 is 4.74 Å². The highest BCUT2D eigenvalue weighted by Crippen LogP contribution is 2.45. The topological polar surface area (TPSA) is 25.0 Å². The Labute approximate surface area is 124 Å². The molecule has 0 fully saturated rings. The second kappa shape index (κ2) is 4.39. The van der Waals surface area contributed by atoms with Crippen LogP contribution in [0.1, 0.15) is 36.5 Å². The zero-order valence-corrected chi connectivity index (χ0v) is 12.7. The van der Waals surface area contributed by atoms with Crippen LogP contribution in [-0.4, -0.2) is 12.1 Å². The van der Waals surface area contributed by atoms with E-state index in [2.05, 4.69) is 55.2 Å². The molecule has 3 aromatic rings. The van der Waals surface area contributed by atoms with E-state index in [1.54, 1.807) is 7.11 Å². The van der Waals surface area contributed by atoms with Crippen LogP contribution < -0.4 is 4.74 Å². The SMILES string of the molecule is COc1cc2c(c(C(C)C)c1)-c1[nH]c3ccccc3c1C2. The second-order valence-electron chi connectivity index (χ2n) is 6.11. The van der Waals surface area contributed by atoms with Crippen molar-refractivity contribution in [1.29, 1.82) is 0 Å². The fourth-order valence-corrected chi connectivity index (χ4v) is 3.50. The first-order chi connectivity index (χ1) is 10.2. The predicted molar refractivity (Wildman–Crippen MR) is 87.2 cm³/mol. The van der Waals surface area contributed by atoms with Gasteiger partial charge in [-0.1, -0.05) is 32.0 Å². The van der Waals surface area contributed by atoms with Gasteiger partial charge in [0.25, 0.3) is 0 Å². The van der Waals surface area contributed by atoms with Crippen molar-refractivity contribution in [2.24, 2.45) is 0 Å². The van der Waals surface area contributed by atoms with Gasteiger partial charge in [-0.3, -0.25) is 0 Å². The number of nitrogens with one attached hydrogen (secondary N) is 1. The fourth-order valence-electron chi connectivity index (χ4n) is 3.50. The maximum Gasteiger partial charge on any atom is 0.119 e. The van der Waals surface area contributed by atoms with Crippen molar-refractivity contribution in [2.75, 3.05) is 7.11 Å². The number of H-pyrrole nitrogens is 1. The number of aromatic nitrogens is 1. The third kappa shape index (κ3) is 1.72. The standard InChI is InChI=1S/C19H19NO/c1-11(2)15-10-13(21-3)8-12-9-16-14-6-4-5-7-17(14)20-19(16)18(12)15/h4-8,10-11,20H,9H2,1-3H3. The minimum atomic E-state index is 0.478. The molecule has 21 heavy (non-hydrogen) atoms.